The average Bonchev–Trinajstić information content (AvgIpc) is 2.40. The molecule has 0 aromatic heterocycles. The van der Waals surface area contributed by atoms with Gasteiger partial charge in [0.05, 0.1) is 11.2 Å². The molecule has 0 atom stereocenters. The molecule has 0 aliphatic rings. The standard InChI is InChI=1S/C15H20ClNO3S/c1-15(2,14(19)20)7-8-17-13(18)10-21-9-11-3-5-12(16)6-4-11/h3-6H,7-10H2,1-2H3,(H,17,18)(H,19,20). The molecule has 21 heavy (non-hydrogen) atoms. The van der Waals surface area contributed by atoms with Gasteiger partial charge in [-0.1, -0.05) is 23.7 Å². The summed E-state index contributed by atoms with van der Waals surface area (Å²) in [5, 5.41) is 12.4. The molecule has 0 aliphatic carbocycles. The van der Waals surface area contributed by atoms with E-state index in [2.05, 4.69) is 5.32 Å². The van der Waals surface area contributed by atoms with Gasteiger partial charge in [0.15, 0.2) is 0 Å². The second-order valence-electron chi connectivity index (χ2n) is 5.41. The molecule has 0 bridgehead atoms. The van der Waals surface area contributed by atoms with Crippen LogP contribution in [-0.2, 0) is 15.3 Å². The summed E-state index contributed by atoms with van der Waals surface area (Å²) in [6.45, 7) is 3.67. The van der Waals surface area contributed by atoms with Crippen LogP contribution in [0.1, 0.15) is 25.8 Å². The van der Waals surface area contributed by atoms with Gasteiger partial charge in [0.2, 0.25) is 5.91 Å². The maximum Gasteiger partial charge on any atom is 0.309 e. The Bertz CT molecular complexity index is 488. The number of nitrogens with one attached hydrogen (secondary N) is 1. The van der Waals surface area contributed by atoms with E-state index in [1.165, 1.54) is 11.8 Å². The van der Waals surface area contributed by atoms with E-state index >= 15 is 0 Å². The maximum absolute atomic E-state index is 11.6. The molecule has 0 heterocycles. The highest BCUT2D eigenvalue weighted by Gasteiger charge is 2.26. The molecule has 1 aromatic carbocycles. The van der Waals surface area contributed by atoms with E-state index in [1.807, 2.05) is 24.3 Å². The molecule has 116 valence electrons. The minimum absolute atomic E-state index is 0.0739. The zero-order valence-electron chi connectivity index (χ0n) is 12.2. The van der Waals surface area contributed by atoms with Gasteiger partial charge in [-0.05, 0) is 38.0 Å². The van der Waals surface area contributed by atoms with Gasteiger partial charge in [0.1, 0.15) is 0 Å². The molecule has 0 saturated heterocycles. The maximum atomic E-state index is 11.6. The van der Waals surface area contributed by atoms with Gasteiger partial charge in [-0.3, -0.25) is 9.59 Å². The second kappa shape index (κ2) is 8.29. The largest absolute Gasteiger partial charge is 0.481 e. The highest BCUT2D eigenvalue weighted by molar-refractivity contribution is 7.99. The number of amides is 1. The number of benzene rings is 1. The van der Waals surface area contributed by atoms with E-state index in [9.17, 15) is 9.59 Å². The second-order valence-corrected chi connectivity index (χ2v) is 6.83. The van der Waals surface area contributed by atoms with Crippen LogP contribution in [0.5, 0.6) is 0 Å². The number of hydrogen-bond donors (Lipinski definition) is 2. The summed E-state index contributed by atoms with van der Waals surface area (Å²) in [4.78, 5) is 22.6. The van der Waals surface area contributed by atoms with E-state index in [0.29, 0.717) is 23.7 Å². The van der Waals surface area contributed by atoms with Crippen molar-refractivity contribution in [2.24, 2.45) is 5.41 Å². The van der Waals surface area contributed by atoms with Crippen LogP contribution >= 0.6 is 23.4 Å². The summed E-state index contributed by atoms with van der Waals surface area (Å²) in [5.74, 6) is 0.172. The minimum Gasteiger partial charge on any atom is -0.481 e. The highest BCUT2D eigenvalue weighted by Crippen LogP contribution is 2.19. The van der Waals surface area contributed by atoms with Gasteiger partial charge in [-0.15, -0.1) is 11.8 Å². The van der Waals surface area contributed by atoms with Gasteiger partial charge in [0, 0.05) is 17.3 Å². The van der Waals surface area contributed by atoms with Crippen LogP contribution in [0, 0.1) is 5.41 Å². The molecule has 0 saturated carbocycles. The van der Waals surface area contributed by atoms with Crippen LogP contribution in [0.3, 0.4) is 0 Å². The van der Waals surface area contributed by atoms with Gasteiger partial charge < -0.3 is 10.4 Å². The van der Waals surface area contributed by atoms with Crippen molar-refractivity contribution in [3.8, 4) is 0 Å². The topological polar surface area (TPSA) is 66.4 Å². The fourth-order valence-corrected chi connectivity index (χ4v) is 2.46. The molecule has 0 fully saturated rings. The summed E-state index contributed by atoms with van der Waals surface area (Å²) in [6.07, 6.45) is 0.413. The van der Waals surface area contributed by atoms with Crippen LogP contribution in [0.4, 0.5) is 0 Å². The SMILES string of the molecule is CC(C)(CCNC(=O)CSCc1ccc(Cl)cc1)C(=O)O. The number of thioether (sulfide) groups is 1. The van der Waals surface area contributed by atoms with Crippen LogP contribution in [0.2, 0.25) is 5.02 Å². The summed E-state index contributed by atoms with van der Waals surface area (Å²) >= 11 is 7.31. The highest BCUT2D eigenvalue weighted by atomic mass is 35.5. The Kier molecular flexibility index (Phi) is 7.05. The van der Waals surface area contributed by atoms with Crippen molar-refractivity contribution in [2.75, 3.05) is 12.3 Å². The normalized spacial score (nSPS) is 11.2. The van der Waals surface area contributed by atoms with E-state index < -0.39 is 11.4 Å². The lowest BCUT2D eigenvalue weighted by Gasteiger charge is -2.18. The Balaban J connectivity index is 2.20. The molecule has 4 nitrogen and oxygen atoms in total. The molecule has 0 aliphatic heterocycles. The number of carboxylic acids is 1. The van der Waals surface area contributed by atoms with Crippen LogP contribution in [0.15, 0.2) is 24.3 Å². The quantitative estimate of drug-likeness (QED) is 0.768. The first-order valence-electron chi connectivity index (χ1n) is 6.63. The fourth-order valence-electron chi connectivity index (χ4n) is 1.51. The third-order valence-electron chi connectivity index (χ3n) is 3.07. The lowest BCUT2D eigenvalue weighted by molar-refractivity contribution is -0.147. The van der Waals surface area contributed by atoms with Crippen LogP contribution < -0.4 is 5.32 Å². The zero-order chi connectivity index (χ0) is 15.9. The Hall–Kier alpha value is -1.20. The molecular weight excluding hydrogens is 310 g/mol. The van der Waals surface area contributed by atoms with Crippen molar-refractivity contribution in [3.05, 3.63) is 34.9 Å². The van der Waals surface area contributed by atoms with Crippen molar-refractivity contribution in [3.63, 3.8) is 0 Å². The number of aliphatic carboxylic acids is 1. The molecule has 2 N–H and O–H groups in total. The molecule has 0 spiro atoms. The molecular formula is C15H20ClNO3S. The molecule has 1 rings (SSSR count). The molecule has 0 radical (unpaired) electrons. The number of carboxylic acid groups (broad SMARTS) is 1. The Morgan fingerprint density at radius 2 is 1.90 bits per heavy atom. The Morgan fingerprint density at radius 1 is 1.29 bits per heavy atom. The first kappa shape index (κ1) is 17.9. The van der Waals surface area contributed by atoms with E-state index in [0.717, 1.165) is 11.3 Å². The first-order chi connectivity index (χ1) is 9.81. The molecule has 0 unspecified atom stereocenters. The molecule has 6 heteroatoms. The number of rotatable bonds is 8. The zero-order valence-corrected chi connectivity index (χ0v) is 13.8. The Labute approximate surface area is 134 Å². The third kappa shape index (κ3) is 6.87. The van der Waals surface area contributed by atoms with E-state index in [1.54, 1.807) is 13.8 Å². The van der Waals surface area contributed by atoms with E-state index in [4.69, 9.17) is 16.7 Å². The smallest absolute Gasteiger partial charge is 0.309 e. The van der Waals surface area contributed by atoms with Crippen molar-refractivity contribution < 1.29 is 14.7 Å². The van der Waals surface area contributed by atoms with Gasteiger partial charge in [0.25, 0.3) is 0 Å². The van der Waals surface area contributed by atoms with Gasteiger partial charge in [-0.25, -0.2) is 0 Å². The van der Waals surface area contributed by atoms with Crippen molar-refractivity contribution in [1.29, 1.82) is 0 Å². The van der Waals surface area contributed by atoms with Crippen molar-refractivity contribution in [1.82, 2.24) is 5.32 Å². The lowest BCUT2D eigenvalue weighted by Crippen LogP contribution is -2.32. The van der Waals surface area contributed by atoms with Gasteiger partial charge >= 0.3 is 5.97 Å². The minimum atomic E-state index is -0.853. The van der Waals surface area contributed by atoms with Gasteiger partial charge in [-0.2, -0.15) is 0 Å². The van der Waals surface area contributed by atoms with Crippen LogP contribution in [0.25, 0.3) is 0 Å². The first-order valence-corrected chi connectivity index (χ1v) is 8.17. The fraction of sp³-hybridized carbons (Fsp3) is 0.467. The monoisotopic (exact) mass is 329 g/mol. The van der Waals surface area contributed by atoms with Crippen molar-refractivity contribution in [2.45, 2.75) is 26.0 Å². The number of carbonyl (C=O) groups excluding carboxylic acids is 1. The number of carbonyl (C=O) groups is 2. The van der Waals surface area contributed by atoms with Crippen LogP contribution in [-0.4, -0.2) is 29.3 Å². The Morgan fingerprint density at radius 3 is 2.48 bits per heavy atom. The number of hydrogen-bond acceptors (Lipinski definition) is 3. The summed E-state index contributed by atoms with van der Waals surface area (Å²) in [6, 6.07) is 7.52. The predicted octanol–water partition coefficient (Wildman–Crippen LogP) is 3.19. The van der Waals surface area contributed by atoms with E-state index in [-0.39, 0.29) is 5.91 Å². The predicted molar refractivity (Wildman–Crippen MR) is 86.7 cm³/mol. The molecule has 1 aromatic rings. The third-order valence-corrected chi connectivity index (χ3v) is 4.32. The lowest BCUT2D eigenvalue weighted by atomic mass is 9.90. The molecule has 1 amide bonds. The average molecular weight is 330 g/mol. The number of halogens is 1. The summed E-state index contributed by atoms with van der Waals surface area (Å²) < 4.78 is 0. The summed E-state index contributed by atoms with van der Waals surface area (Å²) in [7, 11) is 0. The summed E-state index contributed by atoms with van der Waals surface area (Å²) in [5.41, 5.74) is 0.299. The van der Waals surface area contributed by atoms with Crippen molar-refractivity contribution >= 4 is 35.2 Å².